The summed E-state index contributed by atoms with van der Waals surface area (Å²) in [6, 6.07) is 13.6. The zero-order valence-corrected chi connectivity index (χ0v) is 19.3. The molecule has 1 aliphatic heterocycles. The Morgan fingerprint density at radius 3 is 2.47 bits per heavy atom. The largest absolute Gasteiger partial charge is 0.475 e. The van der Waals surface area contributed by atoms with Gasteiger partial charge < -0.3 is 10.0 Å². The molecule has 0 aliphatic carbocycles. The van der Waals surface area contributed by atoms with Gasteiger partial charge in [-0.15, -0.1) is 11.3 Å². The molecule has 0 unspecified atom stereocenters. The van der Waals surface area contributed by atoms with Crippen LogP contribution in [-0.4, -0.2) is 57.7 Å². The number of fused-ring (bicyclic) bond motifs is 1. The second-order valence-electron chi connectivity index (χ2n) is 8.18. The van der Waals surface area contributed by atoms with Gasteiger partial charge in [-0.25, -0.2) is 4.79 Å². The van der Waals surface area contributed by atoms with Crippen LogP contribution in [0.4, 0.5) is 0 Å². The second kappa shape index (κ2) is 9.02. The first-order chi connectivity index (χ1) is 15.3. The smallest absolute Gasteiger partial charge is 0.377 e. The maximum Gasteiger partial charge on any atom is 0.377 e. The van der Waals surface area contributed by atoms with E-state index in [0.29, 0.717) is 21.7 Å². The summed E-state index contributed by atoms with van der Waals surface area (Å²) >= 11 is 7.67. The molecule has 8 heteroatoms. The van der Waals surface area contributed by atoms with Gasteiger partial charge in [0.2, 0.25) is 0 Å². The van der Waals surface area contributed by atoms with Crippen molar-refractivity contribution in [3.63, 3.8) is 0 Å². The van der Waals surface area contributed by atoms with Crippen LogP contribution in [0.3, 0.4) is 0 Å². The fourth-order valence-electron chi connectivity index (χ4n) is 4.18. The Kier molecular flexibility index (Phi) is 6.33. The van der Waals surface area contributed by atoms with Crippen LogP contribution in [0, 0.1) is 0 Å². The molecular weight excluding hydrogens is 448 g/mol. The number of Topliss-reactive ketones (excluding diaryl/α,β-unsaturated/α-hetero) is 1. The van der Waals surface area contributed by atoms with Crippen LogP contribution >= 0.6 is 22.9 Å². The first-order valence-electron chi connectivity index (χ1n) is 10.3. The number of benzene rings is 2. The molecule has 1 aromatic heterocycles. The molecule has 3 aromatic rings. The van der Waals surface area contributed by atoms with E-state index in [0.717, 1.165) is 13.1 Å². The van der Waals surface area contributed by atoms with Gasteiger partial charge in [0.25, 0.3) is 11.7 Å². The topological polar surface area (TPSA) is 77.9 Å². The zero-order valence-electron chi connectivity index (χ0n) is 17.7. The number of carbonyl (C=O) groups is 3. The normalized spacial score (nSPS) is 19.3. The highest BCUT2D eigenvalue weighted by molar-refractivity contribution is 7.17. The van der Waals surface area contributed by atoms with E-state index < -0.39 is 11.8 Å². The average Bonchev–Trinajstić information content (AvgIpc) is 3.17. The molecule has 166 valence electrons. The van der Waals surface area contributed by atoms with E-state index in [1.165, 1.54) is 22.3 Å². The minimum Gasteiger partial charge on any atom is -0.475 e. The lowest BCUT2D eigenvalue weighted by Gasteiger charge is -2.44. The summed E-state index contributed by atoms with van der Waals surface area (Å²) < 4.78 is 0.672. The van der Waals surface area contributed by atoms with Gasteiger partial charge >= 0.3 is 5.97 Å². The van der Waals surface area contributed by atoms with Crippen molar-refractivity contribution in [2.24, 2.45) is 0 Å². The number of carboxylic acids is 1. The standard InChI is InChI=1S/C24H23ClN2O4S/c1-14-11-27(15(2)10-26(14)12-16-6-4-3-5-7-16)23(29)18-8-17-19(22(28)24(30)31)13-32-21(17)9-20(18)25/h3-9,13-15H,10-12H2,1-2H3,(H,30,31)/t14-,15+/m0/s1. The highest BCUT2D eigenvalue weighted by Gasteiger charge is 2.33. The molecule has 2 aromatic carbocycles. The van der Waals surface area contributed by atoms with Crippen molar-refractivity contribution in [1.82, 2.24) is 9.80 Å². The minimum atomic E-state index is -1.52. The molecule has 1 saturated heterocycles. The van der Waals surface area contributed by atoms with Crippen LogP contribution in [0.2, 0.25) is 5.02 Å². The van der Waals surface area contributed by atoms with Crippen molar-refractivity contribution in [2.75, 3.05) is 13.1 Å². The van der Waals surface area contributed by atoms with E-state index in [9.17, 15) is 14.4 Å². The number of thiophene rings is 1. The molecule has 1 amide bonds. The van der Waals surface area contributed by atoms with E-state index in [2.05, 4.69) is 24.0 Å². The summed E-state index contributed by atoms with van der Waals surface area (Å²) in [4.78, 5) is 40.8. The first-order valence-corrected chi connectivity index (χ1v) is 11.6. The van der Waals surface area contributed by atoms with Gasteiger partial charge in [0.1, 0.15) is 0 Å². The highest BCUT2D eigenvalue weighted by Crippen LogP contribution is 2.33. The number of aliphatic carboxylic acids is 1. The van der Waals surface area contributed by atoms with Crippen LogP contribution in [-0.2, 0) is 11.3 Å². The van der Waals surface area contributed by atoms with Gasteiger partial charge in [-0.3, -0.25) is 14.5 Å². The number of amides is 1. The Morgan fingerprint density at radius 1 is 1.06 bits per heavy atom. The van der Waals surface area contributed by atoms with Gasteiger partial charge in [-0.1, -0.05) is 41.9 Å². The third-order valence-electron chi connectivity index (χ3n) is 5.94. The number of carbonyl (C=O) groups excluding carboxylic acids is 2. The molecule has 6 nitrogen and oxygen atoms in total. The van der Waals surface area contributed by atoms with E-state index >= 15 is 0 Å². The predicted octanol–water partition coefficient (Wildman–Crippen LogP) is 4.56. The molecular formula is C24H23ClN2O4S. The first kappa shape index (κ1) is 22.5. The SMILES string of the molecule is C[C@@H]1CN(Cc2ccccc2)[C@@H](C)CN1C(=O)c1cc2c(C(=O)C(=O)O)csc2cc1Cl. The maximum absolute atomic E-state index is 13.4. The molecule has 1 fully saturated rings. The van der Waals surface area contributed by atoms with Crippen molar-refractivity contribution in [3.8, 4) is 0 Å². The number of nitrogens with zero attached hydrogens (tertiary/aromatic N) is 2. The van der Waals surface area contributed by atoms with Crippen molar-refractivity contribution in [3.05, 3.63) is 69.6 Å². The third kappa shape index (κ3) is 4.28. The molecule has 0 spiro atoms. The van der Waals surface area contributed by atoms with Crippen LogP contribution in [0.5, 0.6) is 0 Å². The predicted molar refractivity (Wildman–Crippen MR) is 126 cm³/mol. The van der Waals surface area contributed by atoms with Gasteiger partial charge in [0.15, 0.2) is 0 Å². The zero-order chi connectivity index (χ0) is 23.0. The minimum absolute atomic E-state index is 0.0308. The van der Waals surface area contributed by atoms with Crippen molar-refractivity contribution in [2.45, 2.75) is 32.5 Å². The summed E-state index contributed by atoms with van der Waals surface area (Å²) in [6.45, 7) is 6.20. The number of rotatable bonds is 5. The van der Waals surface area contributed by atoms with Gasteiger partial charge in [0, 0.05) is 52.7 Å². The molecule has 32 heavy (non-hydrogen) atoms. The molecule has 1 N–H and O–H groups in total. The van der Waals surface area contributed by atoms with E-state index in [4.69, 9.17) is 16.7 Å². The maximum atomic E-state index is 13.4. The third-order valence-corrected chi connectivity index (χ3v) is 7.19. The van der Waals surface area contributed by atoms with Crippen molar-refractivity contribution >= 4 is 50.7 Å². The molecule has 2 heterocycles. The highest BCUT2D eigenvalue weighted by atomic mass is 35.5. The van der Waals surface area contributed by atoms with E-state index in [1.54, 1.807) is 12.1 Å². The lowest BCUT2D eigenvalue weighted by molar-refractivity contribution is -0.131. The van der Waals surface area contributed by atoms with Gasteiger partial charge in [0.05, 0.1) is 10.6 Å². The number of hydrogen-bond acceptors (Lipinski definition) is 5. The van der Waals surface area contributed by atoms with Crippen LogP contribution in [0.25, 0.3) is 10.1 Å². The van der Waals surface area contributed by atoms with E-state index in [1.807, 2.05) is 30.0 Å². The summed E-state index contributed by atoms with van der Waals surface area (Å²) in [6.07, 6.45) is 0. The Hall–Kier alpha value is -2.74. The monoisotopic (exact) mass is 470 g/mol. The van der Waals surface area contributed by atoms with Crippen LogP contribution in [0.15, 0.2) is 47.8 Å². The van der Waals surface area contributed by atoms with Crippen LogP contribution in [0.1, 0.15) is 40.1 Å². The van der Waals surface area contributed by atoms with Crippen molar-refractivity contribution < 1.29 is 19.5 Å². The Bertz CT molecular complexity index is 1190. The Labute approximate surface area is 195 Å². The van der Waals surface area contributed by atoms with Crippen molar-refractivity contribution in [1.29, 1.82) is 0 Å². The molecule has 1 aliphatic rings. The molecule has 0 bridgehead atoms. The number of hydrogen-bond donors (Lipinski definition) is 1. The lowest BCUT2D eigenvalue weighted by Crippen LogP contribution is -2.57. The number of halogens is 1. The summed E-state index contributed by atoms with van der Waals surface area (Å²) in [5, 5.41) is 11.3. The Morgan fingerprint density at radius 2 is 1.78 bits per heavy atom. The van der Waals surface area contributed by atoms with Crippen LogP contribution < -0.4 is 0 Å². The quantitative estimate of drug-likeness (QED) is 0.437. The number of piperazine rings is 1. The Balaban J connectivity index is 1.59. The van der Waals surface area contributed by atoms with E-state index in [-0.39, 0.29) is 29.1 Å². The summed E-state index contributed by atoms with van der Waals surface area (Å²) in [5.41, 5.74) is 1.60. The fourth-order valence-corrected chi connectivity index (χ4v) is 5.45. The van der Waals surface area contributed by atoms with Gasteiger partial charge in [-0.05, 0) is 31.5 Å². The number of carboxylic acid groups (broad SMARTS) is 1. The average molecular weight is 471 g/mol. The number of ketones is 1. The fraction of sp³-hybridized carbons (Fsp3) is 0.292. The molecule has 0 saturated carbocycles. The molecule has 2 atom stereocenters. The molecule has 4 rings (SSSR count). The second-order valence-corrected chi connectivity index (χ2v) is 9.50. The lowest BCUT2D eigenvalue weighted by atomic mass is 10.0. The molecule has 0 radical (unpaired) electrons. The summed E-state index contributed by atoms with van der Waals surface area (Å²) in [5.74, 6) is -2.73. The summed E-state index contributed by atoms with van der Waals surface area (Å²) in [7, 11) is 0. The van der Waals surface area contributed by atoms with Gasteiger partial charge in [-0.2, -0.15) is 0 Å².